The summed E-state index contributed by atoms with van der Waals surface area (Å²) in [5.41, 5.74) is 6.19. The Morgan fingerprint density at radius 1 is 1.50 bits per heavy atom. The lowest BCUT2D eigenvalue weighted by Crippen LogP contribution is -2.02. The van der Waals surface area contributed by atoms with Crippen LogP contribution in [-0.2, 0) is 17.8 Å². The molecule has 8 heteroatoms. The Morgan fingerprint density at radius 3 is 3.17 bits per heavy atom. The second kappa shape index (κ2) is 4.83. The van der Waals surface area contributed by atoms with Gasteiger partial charge in [0, 0.05) is 13.2 Å². The molecule has 0 bridgehead atoms. The molecule has 0 aliphatic carbocycles. The molecular formula is C10H14N6O2. The van der Waals surface area contributed by atoms with Gasteiger partial charge < -0.3 is 15.0 Å². The van der Waals surface area contributed by atoms with Crippen LogP contribution < -0.4 is 5.73 Å². The number of hydrogen-bond donors (Lipinski definition) is 1. The molecule has 1 aliphatic heterocycles. The van der Waals surface area contributed by atoms with Crippen molar-refractivity contribution in [3.05, 3.63) is 23.6 Å². The van der Waals surface area contributed by atoms with Crippen LogP contribution in [0.15, 0.2) is 10.7 Å². The van der Waals surface area contributed by atoms with E-state index in [2.05, 4.69) is 20.5 Å². The maximum absolute atomic E-state index is 5.49. The Hall–Kier alpha value is -1.80. The minimum atomic E-state index is -0.0298. The maximum Gasteiger partial charge on any atom is 0.248 e. The summed E-state index contributed by atoms with van der Waals surface area (Å²) >= 11 is 0. The van der Waals surface area contributed by atoms with Crippen molar-refractivity contribution in [2.24, 2.45) is 5.73 Å². The summed E-state index contributed by atoms with van der Waals surface area (Å²) in [6.07, 6.45) is 3.71. The van der Waals surface area contributed by atoms with E-state index in [1.807, 2.05) is 0 Å². The predicted octanol–water partition coefficient (Wildman–Crippen LogP) is 0.0196. The number of ether oxygens (including phenoxy) is 1. The highest BCUT2D eigenvalue weighted by molar-refractivity contribution is 4.95. The summed E-state index contributed by atoms with van der Waals surface area (Å²) in [6.45, 7) is 1.52. The van der Waals surface area contributed by atoms with Crippen LogP contribution in [0.3, 0.4) is 0 Å². The second-order valence-electron chi connectivity index (χ2n) is 4.16. The van der Waals surface area contributed by atoms with E-state index in [4.69, 9.17) is 15.0 Å². The molecule has 0 aromatic carbocycles. The third-order valence-corrected chi connectivity index (χ3v) is 2.79. The summed E-state index contributed by atoms with van der Waals surface area (Å²) in [5, 5.41) is 11.7. The Kier molecular flexibility index (Phi) is 3.03. The van der Waals surface area contributed by atoms with Crippen molar-refractivity contribution in [2.75, 3.05) is 6.61 Å². The van der Waals surface area contributed by atoms with Gasteiger partial charge >= 0.3 is 0 Å². The van der Waals surface area contributed by atoms with Gasteiger partial charge in [0.05, 0.1) is 11.9 Å². The molecule has 1 aliphatic rings. The molecule has 1 fully saturated rings. The number of nitrogens with zero attached hydrogens (tertiary/aromatic N) is 5. The largest absolute Gasteiger partial charge is 0.370 e. The lowest BCUT2D eigenvalue weighted by atomic mass is 10.2. The topological polar surface area (TPSA) is 105 Å². The van der Waals surface area contributed by atoms with Crippen molar-refractivity contribution in [1.29, 1.82) is 0 Å². The van der Waals surface area contributed by atoms with Gasteiger partial charge in [-0.3, -0.25) is 0 Å². The first-order valence-electron chi connectivity index (χ1n) is 5.88. The zero-order valence-corrected chi connectivity index (χ0v) is 9.82. The van der Waals surface area contributed by atoms with E-state index >= 15 is 0 Å². The van der Waals surface area contributed by atoms with Crippen molar-refractivity contribution >= 4 is 0 Å². The van der Waals surface area contributed by atoms with Gasteiger partial charge in [0.2, 0.25) is 11.7 Å². The molecule has 2 aromatic rings. The summed E-state index contributed by atoms with van der Waals surface area (Å²) in [7, 11) is 0. The van der Waals surface area contributed by atoms with Crippen LogP contribution >= 0.6 is 0 Å². The average molecular weight is 250 g/mol. The molecule has 8 nitrogen and oxygen atoms in total. The Bertz CT molecular complexity index is 516. The van der Waals surface area contributed by atoms with Gasteiger partial charge in [-0.15, -0.1) is 5.10 Å². The summed E-state index contributed by atoms with van der Waals surface area (Å²) in [4.78, 5) is 4.30. The van der Waals surface area contributed by atoms with Gasteiger partial charge in [-0.25, -0.2) is 4.68 Å². The number of rotatable bonds is 4. The third kappa shape index (κ3) is 2.24. The van der Waals surface area contributed by atoms with Crippen LogP contribution in [0, 0.1) is 0 Å². The molecule has 0 spiro atoms. The third-order valence-electron chi connectivity index (χ3n) is 2.79. The molecular weight excluding hydrogens is 236 g/mol. The quantitative estimate of drug-likeness (QED) is 0.815. The van der Waals surface area contributed by atoms with Crippen LogP contribution in [0.1, 0.15) is 36.4 Å². The lowest BCUT2D eigenvalue weighted by Gasteiger charge is -2.00. The molecule has 18 heavy (non-hydrogen) atoms. The molecule has 0 amide bonds. The highest BCUT2D eigenvalue weighted by atomic mass is 16.5. The summed E-state index contributed by atoms with van der Waals surface area (Å²) in [6, 6.07) is 0. The highest BCUT2D eigenvalue weighted by Crippen LogP contribution is 2.26. The summed E-state index contributed by atoms with van der Waals surface area (Å²) in [5.74, 6) is 1.11. The van der Waals surface area contributed by atoms with Gasteiger partial charge in [0.15, 0.2) is 0 Å². The first-order valence-corrected chi connectivity index (χ1v) is 5.88. The molecule has 3 rings (SSSR count). The Morgan fingerprint density at radius 2 is 2.44 bits per heavy atom. The predicted molar refractivity (Wildman–Crippen MR) is 59.2 cm³/mol. The van der Waals surface area contributed by atoms with Crippen LogP contribution in [0.5, 0.6) is 0 Å². The average Bonchev–Trinajstić information content (AvgIpc) is 3.10. The van der Waals surface area contributed by atoms with Crippen molar-refractivity contribution in [3.63, 3.8) is 0 Å². The van der Waals surface area contributed by atoms with E-state index in [-0.39, 0.29) is 6.10 Å². The van der Waals surface area contributed by atoms with E-state index in [0.29, 0.717) is 24.8 Å². The zero-order valence-electron chi connectivity index (χ0n) is 9.82. The molecule has 1 atom stereocenters. The van der Waals surface area contributed by atoms with Crippen LogP contribution in [0.2, 0.25) is 0 Å². The minimum absolute atomic E-state index is 0.0298. The van der Waals surface area contributed by atoms with Crippen molar-refractivity contribution in [3.8, 4) is 0 Å². The zero-order chi connectivity index (χ0) is 12.4. The fourth-order valence-electron chi connectivity index (χ4n) is 1.89. The number of aromatic nitrogens is 5. The Labute approximate surface area is 103 Å². The second-order valence-corrected chi connectivity index (χ2v) is 4.16. The van der Waals surface area contributed by atoms with Gasteiger partial charge in [-0.1, -0.05) is 10.4 Å². The Balaban J connectivity index is 1.69. The van der Waals surface area contributed by atoms with E-state index in [9.17, 15) is 0 Å². The molecule has 3 heterocycles. The SMILES string of the molecule is NCc1cn(Cc2nc(C3CCCO3)no2)nn1. The molecule has 96 valence electrons. The summed E-state index contributed by atoms with van der Waals surface area (Å²) < 4.78 is 12.3. The first-order chi connectivity index (χ1) is 8.85. The van der Waals surface area contributed by atoms with Crippen molar-refractivity contribution < 1.29 is 9.26 Å². The van der Waals surface area contributed by atoms with Crippen LogP contribution in [0.4, 0.5) is 0 Å². The van der Waals surface area contributed by atoms with E-state index < -0.39 is 0 Å². The van der Waals surface area contributed by atoms with Crippen LogP contribution in [-0.4, -0.2) is 31.7 Å². The fourth-order valence-corrected chi connectivity index (χ4v) is 1.89. The van der Waals surface area contributed by atoms with Crippen molar-refractivity contribution in [2.45, 2.75) is 32.0 Å². The fraction of sp³-hybridized carbons (Fsp3) is 0.600. The molecule has 1 unspecified atom stereocenters. The normalized spacial score (nSPS) is 19.5. The van der Waals surface area contributed by atoms with Crippen molar-refractivity contribution in [1.82, 2.24) is 25.1 Å². The van der Waals surface area contributed by atoms with E-state index in [1.165, 1.54) is 0 Å². The van der Waals surface area contributed by atoms with Gasteiger partial charge in [0.1, 0.15) is 12.6 Å². The standard InChI is InChI=1S/C10H14N6O2/c11-4-7-5-16(15-13-7)6-9-12-10(14-18-9)8-2-1-3-17-8/h5,8H,1-4,6,11H2. The monoisotopic (exact) mass is 250 g/mol. The molecule has 2 N–H and O–H groups in total. The first kappa shape index (κ1) is 11.3. The molecule has 0 radical (unpaired) electrons. The van der Waals surface area contributed by atoms with Crippen LogP contribution in [0.25, 0.3) is 0 Å². The minimum Gasteiger partial charge on any atom is -0.370 e. The van der Waals surface area contributed by atoms with Gasteiger partial charge in [-0.2, -0.15) is 4.98 Å². The maximum atomic E-state index is 5.49. The molecule has 1 saturated heterocycles. The molecule has 2 aromatic heterocycles. The van der Waals surface area contributed by atoms with Gasteiger partial charge in [0.25, 0.3) is 0 Å². The number of nitrogens with two attached hydrogens (primary N) is 1. The lowest BCUT2D eigenvalue weighted by molar-refractivity contribution is 0.103. The number of hydrogen-bond acceptors (Lipinski definition) is 7. The van der Waals surface area contributed by atoms with E-state index in [0.717, 1.165) is 25.1 Å². The highest BCUT2D eigenvalue weighted by Gasteiger charge is 2.23. The molecule has 0 saturated carbocycles. The smallest absolute Gasteiger partial charge is 0.248 e. The van der Waals surface area contributed by atoms with E-state index in [1.54, 1.807) is 10.9 Å². The van der Waals surface area contributed by atoms with Gasteiger partial charge in [-0.05, 0) is 12.8 Å².